The van der Waals surface area contributed by atoms with Crippen LogP contribution >= 0.6 is 11.8 Å². The van der Waals surface area contributed by atoms with E-state index in [1.54, 1.807) is 18.2 Å². The second-order valence-corrected chi connectivity index (χ2v) is 8.18. The molecule has 0 fully saturated rings. The molecule has 0 unspecified atom stereocenters. The maximum Gasteiger partial charge on any atom is 0.233 e. The first kappa shape index (κ1) is 21.7. The molecule has 0 radical (unpaired) electrons. The van der Waals surface area contributed by atoms with Gasteiger partial charge >= 0.3 is 0 Å². The molecule has 0 aliphatic carbocycles. The second kappa shape index (κ2) is 10.2. The highest BCUT2D eigenvalue weighted by Crippen LogP contribution is 2.24. The van der Waals surface area contributed by atoms with Crippen LogP contribution in [0.5, 0.6) is 5.75 Å². The van der Waals surface area contributed by atoms with Gasteiger partial charge in [0.15, 0.2) is 11.0 Å². The van der Waals surface area contributed by atoms with Crippen molar-refractivity contribution < 1.29 is 13.9 Å². The number of carbonyl (C=O) groups excluding carboxylic acids is 1. The first-order chi connectivity index (χ1) is 15.6. The molecular weight excluding hydrogens is 424 g/mol. The molecule has 8 heteroatoms. The van der Waals surface area contributed by atoms with Crippen LogP contribution in [0.25, 0.3) is 5.69 Å². The maximum absolute atomic E-state index is 12.6. The van der Waals surface area contributed by atoms with Crippen molar-refractivity contribution in [3.63, 3.8) is 0 Å². The van der Waals surface area contributed by atoms with Gasteiger partial charge in [-0.05, 0) is 42.8 Å². The first-order valence-electron chi connectivity index (χ1n) is 10.2. The van der Waals surface area contributed by atoms with Gasteiger partial charge in [0.1, 0.15) is 18.1 Å². The highest BCUT2D eigenvalue weighted by atomic mass is 32.2. The molecule has 1 amide bonds. The van der Waals surface area contributed by atoms with Crippen molar-refractivity contribution in [2.75, 3.05) is 12.8 Å². The summed E-state index contributed by atoms with van der Waals surface area (Å²) in [4.78, 5) is 14.3. The number of amides is 1. The summed E-state index contributed by atoms with van der Waals surface area (Å²) < 4.78 is 13.3. The van der Waals surface area contributed by atoms with E-state index in [1.165, 1.54) is 11.8 Å². The fourth-order valence-electron chi connectivity index (χ4n) is 3.15. The predicted molar refractivity (Wildman–Crippen MR) is 123 cm³/mol. The van der Waals surface area contributed by atoms with E-state index in [0.29, 0.717) is 17.5 Å². The minimum Gasteiger partial charge on any atom is -0.485 e. The highest BCUT2D eigenvalue weighted by Gasteiger charge is 2.18. The summed E-state index contributed by atoms with van der Waals surface area (Å²) in [6.45, 7) is 2.69. The molecule has 0 spiro atoms. The second-order valence-electron chi connectivity index (χ2n) is 7.24. The van der Waals surface area contributed by atoms with E-state index in [4.69, 9.17) is 9.15 Å². The number of para-hydroxylation sites is 2. The van der Waals surface area contributed by atoms with Crippen LogP contribution in [0.2, 0.25) is 0 Å². The third kappa shape index (κ3) is 5.20. The quantitative estimate of drug-likeness (QED) is 0.351. The maximum atomic E-state index is 12.6. The molecule has 7 nitrogen and oxygen atoms in total. The number of benzene rings is 2. The lowest BCUT2D eigenvalue weighted by Gasteiger charge is -2.16. The largest absolute Gasteiger partial charge is 0.485 e. The summed E-state index contributed by atoms with van der Waals surface area (Å²) in [5.74, 6) is 2.43. The van der Waals surface area contributed by atoms with Gasteiger partial charge in [0.2, 0.25) is 5.91 Å². The van der Waals surface area contributed by atoms with E-state index in [0.717, 1.165) is 22.8 Å². The SMILES string of the molecule is Cc1ccccc1OCc1nnc(SCC(=O)N(C)Cc2ccco2)n1-c1ccccc1. The van der Waals surface area contributed by atoms with Crippen LogP contribution in [0.1, 0.15) is 17.1 Å². The minimum atomic E-state index is -0.0216. The number of furan rings is 1. The Hall–Kier alpha value is -3.52. The van der Waals surface area contributed by atoms with Crippen LogP contribution < -0.4 is 4.74 Å². The summed E-state index contributed by atoms with van der Waals surface area (Å²) in [5, 5.41) is 9.33. The van der Waals surface area contributed by atoms with E-state index in [9.17, 15) is 4.79 Å². The number of rotatable bonds is 9. The van der Waals surface area contributed by atoms with Gasteiger partial charge in [-0.3, -0.25) is 9.36 Å². The molecule has 0 bridgehead atoms. The van der Waals surface area contributed by atoms with Crippen LogP contribution in [-0.2, 0) is 17.9 Å². The molecule has 32 heavy (non-hydrogen) atoms. The fraction of sp³-hybridized carbons (Fsp3) is 0.208. The molecule has 0 saturated carbocycles. The number of aromatic nitrogens is 3. The van der Waals surface area contributed by atoms with Crippen molar-refractivity contribution in [2.24, 2.45) is 0 Å². The van der Waals surface area contributed by atoms with E-state index in [-0.39, 0.29) is 18.3 Å². The lowest BCUT2D eigenvalue weighted by atomic mass is 10.2. The summed E-state index contributed by atoms with van der Waals surface area (Å²) in [6, 6.07) is 21.3. The van der Waals surface area contributed by atoms with Gasteiger partial charge in [-0.2, -0.15) is 0 Å². The number of thioether (sulfide) groups is 1. The molecule has 2 heterocycles. The van der Waals surface area contributed by atoms with E-state index >= 15 is 0 Å². The molecular formula is C24H24N4O3S. The zero-order valence-electron chi connectivity index (χ0n) is 18.0. The molecule has 0 atom stereocenters. The van der Waals surface area contributed by atoms with Gasteiger partial charge < -0.3 is 14.1 Å². The normalized spacial score (nSPS) is 10.8. The van der Waals surface area contributed by atoms with Crippen LogP contribution in [0.4, 0.5) is 0 Å². The van der Waals surface area contributed by atoms with Gasteiger partial charge in [0.05, 0.1) is 18.6 Å². The van der Waals surface area contributed by atoms with Gasteiger partial charge in [-0.15, -0.1) is 10.2 Å². The van der Waals surface area contributed by atoms with Crippen molar-refractivity contribution in [1.29, 1.82) is 0 Å². The van der Waals surface area contributed by atoms with Gasteiger partial charge in [0, 0.05) is 12.7 Å². The van der Waals surface area contributed by atoms with Gasteiger partial charge in [-0.25, -0.2) is 0 Å². The molecule has 164 valence electrons. The summed E-state index contributed by atoms with van der Waals surface area (Å²) in [5.41, 5.74) is 1.97. The molecule has 0 N–H and O–H groups in total. The lowest BCUT2D eigenvalue weighted by molar-refractivity contribution is -0.127. The monoisotopic (exact) mass is 448 g/mol. The molecule has 4 rings (SSSR count). The van der Waals surface area contributed by atoms with Crippen molar-refractivity contribution in [2.45, 2.75) is 25.2 Å². The third-order valence-electron chi connectivity index (χ3n) is 4.89. The average Bonchev–Trinajstić information content (AvgIpc) is 3.47. The Bertz CT molecular complexity index is 1160. The Kier molecular flexibility index (Phi) is 6.91. The standard InChI is InChI=1S/C24H24N4O3S/c1-18-9-6-7-13-21(18)31-16-22-25-26-24(28(22)19-10-4-3-5-11-19)32-17-23(29)27(2)15-20-12-8-14-30-20/h3-14H,15-17H2,1-2H3. The number of nitrogens with zero attached hydrogens (tertiary/aromatic N) is 4. The number of aryl methyl sites for hydroxylation is 1. The van der Waals surface area contributed by atoms with Crippen molar-refractivity contribution in [3.05, 3.63) is 90.1 Å². The Labute approximate surface area is 191 Å². The van der Waals surface area contributed by atoms with E-state index in [2.05, 4.69) is 10.2 Å². The van der Waals surface area contributed by atoms with E-state index < -0.39 is 0 Å². The van der Waals surface area contributed by atoms with Crippen LogP contribution in [0, 0.1) is 6.92 Å². The fourth-order valence-corrected chi connectivity index (χ4v) is 4.06. The molecule has 0 aliphatic rings. The number of carbonyl (C=O) groups is 1. The number of ether oxygens (including phenoxy) is 1. The highest BCUT2D eigenvalue weighted by molar-refractivity contribution is 7.99. The minimum absolute atomic E-state index is 0.0216. The Morgan fingerprint density at radius 3 is 2.59 bits per heavy atom. The lowest BCUT2D eigenvalue weighted by Crippen LogP contribution is -2.27. The van der Waals surface area contributed by atoms with Crippen molar-refractivity contribution in [3.8, 4) is 11.4 Å². The number of hydrogen-bond donors (Lipinski definition) is 0. The number of hydrogen-bond acceptors (Lipinski definition) is 6. The summed E-state index contributed by atoms with van der Waals surface area (Å²) in [6.07, 6.45) is 1.60. The smallest absolute Gasteiger partial charge is 0.233 e. The first-order valence-corrected chi connectivity index (χ1v) is 11.2. The van der Waals surface area contributed by atoms with Gasteiger partial charge in [0.25, 0.3) is 0 Å². The molecule has 0 aliphatic heterocycles. The van der Waals surface area contributed by atoms with Crippen LogP contribution in [0.15, 0.2) is 82.6 Å². The van der Waals surface area contributed by atoms with Crippen molar-refractivity contribution in [1.82, 2.24) is 19.7 Å². The Morgan fingerprint density at radius 1 is 1.06 bits per heavy atom. The molecule has 2 aromatic heterocycles. The predicted octanol–water partition coefficient (Wildman–Crippen LogP) is 4.50. The summed E-state index contributed by atoms with van der Waals surface area (Å²) >= 11 is 1.35. The Morgan fingerprint density at radius 2 is 1.84 bits per heavy atom. The zero-order chi connectivity index (χ0) is 22.3. The zero-order valence-corrected chi connectivity index (χ0v) is 18.8. The van der Waals surface area contributed by atoms with Crippen LogP contribution in [0.3, 0.4) is 0 Å². The van der Waals surface area contributed by atoms with Gasteiger partial charge in [-0.1, -0.05) is 48.2 Å². The Balaban J connectivity index is 1.49. The molecule has 4 aromatic rings. The topological polar surface area (TPSA) is 73.4 Å². The summed E-state index contributed by atoms with van der Waals surface area (Å²) in [7, 11) is 1.76. The third-order valence-corrected chi connectivity index (χ3v) is 5.80. The van der Waals surface area contributed by atoms with Crippen LogP contribution in [-0.4, -0.2) is 38.4 Å². The average molecular weight is 449 g/mol. The van der Waals surface area contributed by atoms with E-state index in [1.807, 2.05) is 78.2 Å². The molecule has 0 saturated heterocycles. The van der Waals surface area contributed by atoms with Crippen molar-refractivity contribution >= 4 is 17.7 Å². The molecule has 2 aromatic carbocycles.